The minimum absolute atomic E-state index is 0.0223. The van der Waals surface area contributed by atoms with Crippen LogP contribution >= 0.6 is 0 Å². The molecule has 1 heterocycles. The SMILES string of the molecule is CCNC(=NCc1cccc(NC(=O)N2CCCC2)c1)NCCc1ccc(C)c(OC)c1. The van der Waals surface area contributed by atoms with Gasteiger partial charge in [0.05, 0.1) is 13.7 Å². The van der Waals surface area contributed by atoms with Gasteiger partial charge in [-0.05, 0) is 68.0 Å². The van der Waals surface area contributed by atoms with Crippen LogP contribution in [-0.4, -0.2) is 50.2 Å². The molecule has 1 aliphatic heterocycles. The Bertz CT molecular complexity index is 922. The van der Waals surface area contributed by atoms with E-state index in [0.29, 0.717) is 6.54 Å². The van der Waals surface area contributed by atoms with Crippen LogP contribution in [0.1, 0.15) is 36.5 Å². The highest BCUT2D eigenvalue weighted by Gasteiger charge is 2.17. The van der Waals surface area contributed by atoms with Crippen molar-refractivity contribution in [2.24, 2.45) is 4.99 Å². The van der Waals surface area contributed by atoms with Crippen molar-refractivity contribution in [1.82, 2.24) is 15.5 Å². The van der Waals surface area contributed by atoms with Gasteiger partial charge in [-0.25, -0.2) is 9.79 Å². The minimum atomic E-state index is -0.0223. The molecule has 2 aromatic carbocycles. The van der Waals surface area contributed by atoms with Gasteiger partial charge in [0.2, 0.25) is 0 Å². The van der Waals surface area contributed by atoms with Crippen LogP contribution in [0.3, 0.4) is 0 Å². The maximum absolute atomic E-state index is 12.3. The highest BCUT2D eigenvalue weighted by atomic mass is 16.5. The summed E-state index contributed by atoms with van der Waals surface area (Å²) in [5, 5.41) is 9.69. The van der Waals surface area contributed by atoms with Gasteiger partial charge in [0.25, 0.3) is 0 Å². The van der Waals surface area contributed by atoms with E-state index >= 15 is 0 Å². The summed E-state index contributed by atoms with van der Waals surface area (Å²) in [7, 11) is 1.70. The molecular formula is C25H35N5O2. The van der Waals surface area contributed by atoms with Gasteiger partial charge >= 0.3 is 6.03 Å². The predicted molar refractivity (Wildman–Crippen MR) is 131 cm³/mol. The zero-order chi connectivity index (χ0) is 22.8. The highest BCUT2D eigenvalue weighted by Crippen LogP contribution is 2.19. The number of rotatable bonds is 8. The van der Waals surface area contributed by atoms with Crippen LogP contribution in [0, 0.1) is 6.92 Å². The van der Waals surface area contributed by atoms with Crippen molar-refractivity contribution in [3.63, 3.8) is 0 Å². The normalized spacial score (nSPS) is 13.7. The third-order valence-corrected chi connectivity index (χ3v) is 5.51. The number of urea groups is 1. The molecule has 0 unspecified atom stereocenters. The number of guanidine groups is 1. The molecule has 0 radical (unpaired) electrons. The van der Waals surface area contributed by atoms with E-state index in [-0.39, 0.29) is 6.03 Å². The van der Waals surface area contributed by atoms with Gasteiger partial charge in [0, 0.05) is 31.9 Å². The maximum atomic E-state index is 12.3. The van der Waals surface area contributed by atoms with Crippen LogP contribution < -0.4 is 20.7 Å². The van der Waals surface area contributed by atoms with E-state index in [1.807, 2.05) is 36.1 Å². The summed E-state index contributed by atoms with van der Waals surface area (Å²) < 4.78 is 5.42. The summed E-state index contributed by atoms with van der Waals surface area (Å²) in [4.78, 5) is 18.9. The number of carbonyl (C=O) groups is 1. The molecule has 1 fully saturated rings. The smallest absolute Gasteiger partial charge is 0.321 e. The Hall–Kier alpha value is -3.22. The van der Waals surface area contributed by atoms with Gasteiger partial charge < -0.3 is 25.6 Å². The van der Waals surface area contributed by atoms with Gasteiger partial charge in [-0.15, -0.1) is 0 Å². The van der Waals surface area contributed by atoms with Crippen molar-refractivity contribution in [3.8, 4) is 5.75 Å². The van der Waals surface area contributed by atoms with Gasteiger partial charge in [0.1, 0.15) is 5.75 Å². The van der Waals surface area contributed by atoms with Crippen molar-refractivity contribution in [2.45, 2.75) is 39.7 Å². The molecule has 0 bridgehead atoms. The lowest BCUT2D eigenvalue weighted by molar-refractivity contribution is 0.222. The molecule has 0 atom stereocenters. The van der Waals surface area contributed by atoms with Crippen LogP contribution in [0.15, 0.2) is 47.5 Å². The van der Waals surface area contributed by atoms with Gasteiger partial charge in [-0.3, -0.25) is 0 Å². The number of anilines is 1. The summed E-state index contributed by atoms with van der Waals surface area (Å²) in [6.07, 6.45) is 3.04. The highest BCUT2D eigenvalue weighted by molar-refractivity contribution is 5.89. The lowest BCUT2D eigenvalue weighted by Crippen LogP contribution is -2.38. The average molecular weight is 438 g/mol. The fourth-order valence-electron chi connectivity index (χ4n) is 3.73. The number of hydrogen-bond donors (Lipinski definition) is 3. The van der Waals surface area contributed by atoms with E-state index in [9.17, 15) is 4.79 Å². The predicted octanol–water partition coefficient (Wildman–Crippen LogP) is 3.93. The van der Waals surface area contributed by atoms with Crippen LogP contribution in [0.4, 0.5) is 10.5 Å². The molecule has 0 saturated carbocycles. The Labute approximate surface area is 191 Å². The number of ether oxygens (including phenoxy) is 1. The molecule has 2 amide bonds. The number of aliphatic imine (C=N–C) groups is 1. The van der Waals surface area contributed by atoms with Gasteiger partial charge in [-0.1, -0.05) is 24.3 Å². The summed E-state index contributed by atoms with van der Waals surface area (Å²) in [5.74, 6) is 1.69. The quantitative estimate of drug-likeness (QED) is 0.432. The zero-order valence-electron chi connectivity index (χ0n) is 19.4. The fourth-order valence-corrected chi connectivity index (χ4v) is 3.73. The number of likely N-dealkylation sites (tertiary alicyclic amines) is 1. The third-order valence-electron chi connectivity index (χ3n) is 5.51. The summed E-state index contributed by atoms with van der Waals surface area (Å²) in [5.41, 5.74) is 4.21. The van der Waals surface area contributed by atoms with Crippen molar-refractivity contribution in [3.05, 3.63) is 59.2 Å². The Morgan fingerprint density at radius 3 is 2.66 bits per heavy atom. The summed E-state index contributed by atoms with van der Waals surface area (Å²) in [6, 6.07) is 14.2. The first kappa shape index (κ1) is 23.4. The zero-order valence-corrected chi connectivity index (χ0v) is 19.4. The lowest BCUT2D eigenvalue weighted by Gasteiger charge is -2.16. The minimum Gasteiger partial charge on any atom is -0.496 e. The number of aryl methyl sites for hydroxylation is 1. The molecule has 32 heavy (non-hydrogen) atoms. The van der Waals surface area contributed by atoms with E-state index in [4.69, 9.17) is 9.73 Å². The van der Waals surface area contributed by atoms with E-state index in [2.05, 4.69) is 41.1 Å². The lowest BCUT2D eigenvalue weighted by atomic mass is 10.1. The molecule has 1 aliphatic rings. The number of amides is 2. The largest absolute Gasteiger partial charge is 0.496 e. The van der Waals surface area contributed by atoms with E-state index < -0.39 is 0 Å². The van der Waals surface area contributed by atoms with Crippen molar-refractivity contribution in [2.75, 3.05) is 38.6 Å². The van der Waals surface area contributed by atoms with Gasteiger partial charge in [-0.2, -0.15) is 0 Å². The van der Waals surface area contributed by atoms with E-state index in [0.717, 1.165) is 74.0 Å². The van der Waals surface area contributed by atoms with Crippen LogP contribution in [0.5, 0.6) is 5.75 Å². The third kappa shape index (κ3) is 6.90. The molecule has 1 saturated heterocycles. The van der Waals surface area contributed by atoms with Crippen molar-refractivity contribution in [1.29, 1.82) is 0 Å². The molecule has 3 N–H and O–H groups in total. The molecule has 7 heteroatoms. The second-order valence-corrected chi connectivity index (χ2v) is 8.00. The average Bonchev–Trinajstić information content (AvgIpc) is 3.34. The number of nitrogens with zero attached hydrogens (tertiary/aromatic N) is 2. The van der Waals surface area contributed by atoms with Crippen LogP contribution in [0.2, 0.25) is 0 Å². The van der Waals surface area contributed by atoms with E-state index in [1.54, 1.807) is 7.11 Å². The van der Waals surface area contributed by atoms with Crippen molar-refractivity contribution >= 4 is 17.7 Å². The maximum Gasteiger partial charge on any atom is 0.321 e. The Balaban J connectivity index is 1.54. The molecule has 0 spiro atoms. The first-order chi connectivity index (χ1) is 15.6. The number of carbonyl (C=O) groups excluding carboxylic acids is 1. The standard InChI is InChI=1S/C25H35N5O2/c1-4-26-24(27-13-12-20-11-10-19(2)23(17-20)32-3)28-18-21-8-7-9-22(16-21)29-25(31)30-14-5-6-15-30/h7-11,16-17H,4-6,12-15,18H2,1-3H3,(H,29,31)(H2,26,27,28). The molecule has 172 valence electrons. The van der Waals surface area contributed by atoms with E-state index in [1.165, 1.54) is 5.56 Å². The van der Waals surface area contributed by atoms with Crippen molar-refractivity contribution < 1.29 is 9.53 Å². The molecular weight excluding hydrogens is 402 g/mol. The number of benzene rings is 2. The molecule has 2 aromatic rings. The molecule has 0 aliphatic carbocycles. The first-order valence-electron chi connectivity index (χ1n) is 11.4. The molecule has 7 nitrogen and oxygen atoms in total. The fraction of sp³-hybridized carbons (Fsp3) is 0.440. The Morgan fingerprint density at radius 2 is 1.91 bits per heavy atom. The topological polar surface area (TPSA) is 78.0 Å². The number of nitrogens with one attached hydrogen (secondary N) is 3. The monoisotopic (exact) mass is 437 g/mol. The van der Waals surface area contributed by atoms with Gasteiger partial charge in [0.15, 0.2) is 5.96 Å². The Kier molecular flexibility index (Phi) is 8.78. The molecule has 0 aromatic heterocycles. The molecule has 3 rings (SSSR count). The second-order valence-electron chi connectivity index (χ2n) is 8.00. The summed E-state index contributed by atoms with van der Waals surface area (Å²) >= 11 is 0. The van der Waals surface area contributed by atoms with Crippen LogP contribution in [0.25, 0.3) is 0 Å². The van der Waals surface area contributed by atoms with Crippen LogP contribution in [-0.2, 0) is 13.0 Å². The number of hydrogen-bond acceptors (Lipinski definition) is 3. The Morgan fingerprint density at radius 1 is 1.09 bits per heavy atom. The number of methoxy groups -OCH3 is 1. The second kappa shape index (κ2) is 12.0. The first-order valence-corrected chi connectivity index (χ1v) is 11.4. The summed E-state index contributed by atoms with van der Waals surface area (Å²) in [6.45, 7) is 7.85.